The fourth-order valence-corrected chi connectivity index (χ4v) is 5.20. The summed E-state index contributed by atoms with van der Waals surface area (Å²) in [5.74, 6) is -0.415. The fourth-order valence-electron chi connectivity index (χ4n) is 3.45. The standard InChI is InChI=1S/C22H26ClN3O4S/c1-16(27)24-18-8-11-21(20(23)15-18)25-22(28)12-7-17-5-9-19(10-6-17)31(29,30)26-13-3-2-4-14-26/h5-6,8-11,15H,2-4,7,12-14H2,1H3,(H,24,27)(H,25,28). The first-order valence-corrected chi connectivity index (χ1v) is 12.0. The van der Waals surface area contributed by atoms with E-state index in [1.54, 1.807) is 46.8 Å². The molecule has 0 aromatic heterocycles. The lowest BCUT2D eigenvalue weighted by atomic mass is 10.1. The third kappa shape index (κ3) is 6.29. The number of hydrogen-bond acceptors (Lipinski definition) is 4. The molecule has 0 unspecified atom stereocenters. The molecule has 2 aromatic rings. The predicted octanol–water partition coefficient (Wildman–Crippen LogP) is 4.04. The van der Waals surface area contributed by atoms with E-state index in [0.717, 1.165) is 24.8 Å². The average molecular weight is 464 g/mol. The molecule has 1 fully saturated rings. The third-order valence-electron chi connectivity index (χ3n) is 5.08. The van der Waals surface area contributed by atoms with Crippen molar-refractivity contribution in [1.82, 2.24) is 4.31 Å². The van der Waals surface area contributed by atoms with E-state index >= 15 is 0 Å². The molecule has 2 N–H and O–H groups in total. The predicted molar refractivity (Wildman–Crippen MR) is 122 cm³/mol. The van der Waals surface area contributed by atoms with E-state index < -0.39 is 10.0 Å². The van der Waals surface area contributed by atoms with Crippen LogP contribution < -0.4 is 10.6 Å². The Balaban J connectivity index is 1.55. The number of nitrogens with zero attached hydrogens (tertiary/aromatic N) is 1. The van der Waals surface area contributed by atoms with Gasteiger partial charge in [0, 0.05) is 32.1 Å². The molecular weight excluding hydrogens is 438 g/mol. The summed E-state index contributed by atoms with van der Waals surface area (Å²) >= 11 is 6.17. The number of piperidine rings is 1. The molecular formula is C22H26ClN3O4S. The smallest absolute Gasteiger partial charge is 0.243 e. The van der Waals surface area contributed by atoms with E-state index in [2.05, 4.69) is 10.6 Å². The first-order valence-electron chi connectivity index (χ1n) is 10.2. The molecule has 0 saturated carbocycles. The van der Waals surface area contributed by atoms with Crippen LogP contribution in [-0.4, -0.2) is 37.6 Å². The molecule has 1 saturated heterocycles. The van der Waals surface area contributed by atoms with E-state index in [-0.39, 0.29) is 23.1 Å². The molecule has 166 valence electrons. The van der Waals surface area contributed by atoms with Crippen LogP contribution in [0.15, 0.2) is 47.4 Å². The number of hydrogen-bond donors (Lipinski definition) is 2. The molecule has 31 heavy (non-hydrogen) atoms. The second-order valence-electron chi connectivity index (χ2n) is 7.53. The maximum absolute atomic E-state index is 12.7. The first kappa shape index (κ1) is 23.2. The van der Waals surface area contributed by atoms with Crippen LogP contribution in [0.25, 0.3) is 0 Å². The topological polar surface area (TPSA) is 95.6 Å². The summed E-state index contributed by atoms with van der Waals surface area (Å²) in [6, 6.07) is 11.6. The van der Waals surface area contributed by atoms with E-state index in [1.165, 1.54) is 6.92 Å². The summed E-state index contributed by atoms with van der Waals surface area (Å²) in [5, 5.41) is 5.71. The lowest BCUT2D eigenvalue weighted by Gasteiger charge is -2.25. The number of carbonyl (C=O) groups excluding carboxylic acids is 2. The number of nitrogens with one attached hydrogen (secondary N) is 2. The van der Waals surface area contributed by atoms with Crippen LogP contribution in [0.2, 0.25) is 5.02 Å². The Hall–Kier alpha value is -2.42. The first-order chi connectivity index (χ1) is 14.8. The van der Waals surface area contributed by atoms with Gasteiger partial charge in [-0.15, -0.1) is 0 Å². The van der Waals surface area contributed by atoms with Gasteiger partial charge in [-0.25, -0.2) is 8.42 Å². The number of anilines is 2. The highest BCUT2D eigenvalue weighted by Crippen LogP contribution is 2.26. The van der Waals surface area contributed by atoms with Crippen LogP contribution in [-0.2, 0) is 26.0 Å². The third-order valence-corrected chi connectivity index (χ3v) is 7.31. The number of sulfonamides is 1. The minimum Gasteiger partial charge on any atom is -0.326 e. The van der Waals surface area contributed by atoms with Crippen molar-refractivity contribution in [2.24, 2.45) is 0 Å². The van der Waals surface area contributed by atoms with Gasteiger partial charge in [-0.05, 0) is 55.2 Å². The van der Waals surface area contributed by atoms with E-state index in [0.29, 0.717) is 35.9 Å². The van der Waals surface area contributed by atoms with Gasteiger partial charge in [0.25, 0.3) is 0 Å². The van der Waals surface area contributed by atoms with Crippen molar-refractivity contribution < 1.29 is 18.0 Å². The van der Waals surface area contributed by atoms with Gasteiger partial charge in [0.2, 0.25) is 21.8 Å². The number of amides is 2. The van der Waals surface area contributed by atoms with Gasteiger partial charge in [-0.3, -0.25) is 9.59 Å². The molecule has 1 heterocycles. The SMILES string of the molecule is CC(=O)Nc1ccc(NC(=O)CCc2ccc(S(=O)(=O)N3CCCCC3)cc2)c(Cl)c1. The van der Waals surface area contributed by atoms with E-state index in [4.69, 9.17) is 11.6 Å². The molecule has 1 aliphatic heterocycles. The van der Waals surface area contributed by atoms with Crippen molar-refractivity contribution >= 4 is 44.8 Å². The van der Waals surface area contributed by atoms with Gasteiger partial charge in [-0.2, -0.15) is 4.31 Å². The molecule has 1 aliphatic rings. The van der Waals surface area contributed by atoms with Crippen LogP contribution in [0.5, 0.6) is 0 Å². The van der Waals surface area contributed by atoms with Crippen molar-refractivity contribution in [3.63, 3.8) is 0 Å². The largest absolute Gasteiger partial charge is 0.326 e. The van der Waals surface area contributed by atoms with Crippen molar-refractivity contribution in [2.75, 3.05) is 23.7 Å². The van der Waals surface area contributed by atoms with Crippen molar-refractivity contribution in [2.45, 2.75) is 43.9 Å². The molecule has 2 aromatic carbocycles. The summed E-state index contributed by atoms with van der Waals surface area (Å²) in [6.45, 7) is 2.54. The molecule has 0 bridgehead atoms. The Labute approximate surface area is 187 Å². The molecule has 2 amide bonds. The summed E-state index contributed by atoms with van der Waals surface area (Å²) in [4.78, 5) is 23.7. The van der Waals surface area contributed by atoms with Gasteiger partial charge in [0.15, 0.2) is 0 Å². The highest BCUT2D eigenvalue weighted by molar-refractivity contribution is 7.89. The van der Waals surface area contributed by atoms with Crippen LogP contribution in [0.4, 0.5) is 11.4 Å². The minimum absolute atomic E-state index is 0.206. The number of aryl methyl sites for hydroxylation is 1. The highest BCUT2D eigenvalue weighted by atomic mass is 35.5. The Bertz CT molecular complexity index is 1050. The maximum atomic E-state index is 12.7. The van der Waals surface area contributed by atoms with Gasteiger partial charge in [0.1, 0.15) is 0 Å². The molecule has 0 spiro atoms. The van der Waals surface area contributed by atoms with Crippen molar-refractivity contribution in [3.8, 4) is 0 Å². The van der Waals surface area contributed by atoms with Gasteiger partial charge in [-0.1, -0.05) is 30.2 Å². The molecule has 0 aliphatic carbocycles. The average Bonchev–Trinajstić information content (AvgIpc) is 2.75. The molecule has 9 heteroatoms. The number of rotatable bonds is 7. The lowest BCUT2D eigenvalue weighted by molar-refractivity contribution is -0.116. The zero-order valence-electron chi connectivity index (χ0n) is 17.4. The number of benzene rings is 2. The van der Waals surface area contributed by atoms with Gasteiger partial charge < -0.3 is 10.6 Å². The zero-order chi connectivity index (χ0) is 22.4. The molecule has 7 nitrogen and oxygen atoms in total. The number of carbonyl (C=O) groups is 2. The Morgan fingerprint density at radius 3 is 2.29 bits per heavy atom. The van der Waals surface area contributed by atoms with Gasteiger partial charge >= 0.3 is 0 Å². The summed E-state index contributed by atoms with van der Waals surface area (Å²) in [6.07, 6.45) is 3.55. The second kappa shape index (κ2) is 10.3. The van der Waals surface area contributed by atoms with Crippen molar-refractivity contribution in [1.29, 1.82) is 0 Å². The lowest BCUT2D eigenvalue weighted by Crippen LogP contribution is -2.35. The Morgan fingerprint density at radius 2 is 1.68 bits per heavy atom. The number of halogens is 1. The molecule has 0 radical (unpaired) electrons. The van der Waals surface area contributed by atoms with Crippen LogP contribution in [0.1, 0.15) is 38.2 Å². The molecule has 3 rings (SSSR count). The zero-order valence-corrected chi connectivity index (χ0v) is 18.9. The summed E-state index contributed by atoms with van der Waals surface area (Å²) < 4.78 is 27.0. The van der Waals surface area contributed by atoms with Crippen LogP contribution in [0, 0.1) is 0 Å². The summed E-state index contributed by atoms with van der Waals surface area (Å²) in [7, 11) is -3.45. The Morgan fingerprint density at radius 1 is 1.00 bits per heavy atom. The van der Waals surface area contributed by atoms with Crippen molar-refractivity contribution in [3.05, 3.63) is 53.1 Å². The van der Waals surface area contributed by atoms with Crippen LogP contribution >= 0.6 is 11.6 Å². The normalized spacial score (nSPS) is 14.8. The second-order valence-corrected chi connectivity index (χ2v) is 9.88. The van der Waals surface area contributed by atoms with Crippen LogP contribution in [0.3, 0.4) is 0 Å². The monoisotopic (exact) mass is 463 g/mol. The molecule has 0 atom stereocenters. The highest BCUT2D eigenvalue weighted by Gasteiger charge is 2.25. The van der Waals surface area contributed by atoms with Gasteiger partial charge in [0.05, 0.1) is 15.6 Å². The maximum Gasteiger partial charge on any atom is 0.243 e. The summed E-state index contributed by atoms with van der Waals surface area (Å²) in [5.41, 5.74) is 1.89. The van der Waals surface area contributed by atoms with E-state index in [9.17, 15) is 18.0 Å². The van der Waals surface area contributed by atoms with E-state index in [1.807, 2.05) is 0 Å². The fraction of sp³-hybridized carbons (Fsp3) is 0.364. The minimum atomic E-state index is -3.45. The quantitative estimate of drug-likeness (QED) is 0.647. The Kier molecular flexibility index (Phi) is 7.69.